The molecule has 2 aromatic rings. The van der Waals surface area contributed by atoms with Crippen molar-refractivity contribution in [1.29, 1.82) is 0 Å². The minimum atomic E-state index is -0.902. The summed E-state index contributed by atoms with van der Waals surface area (Å²) in [7, 11) is 1.52. The maximum absolute atomic E-state index is 12.7. The maximum atomic E-state index is 12.7. The van der Waals surface area contributed by atoms with E-state index in [4.69, 9.17) is 4.74 Å². The van der Waals surface area contributed by atoms with Gasteiger partial charge in [0.05, 0.1) is 7.11 Å². The summed E-state index contributed by atoms with van der Waals surface area (Å²) in [5.74, 6) is 0.152. The predicted molar refractivity (Wildman–Crippen MR) is 113 cm³/mol. The highest BCUT2D eigenvalue weighted by molar-refractivity contribution is 5.96. The van der Waals surface area contributed by atoms with Gasteiger partial charge in [-0.25, -0.2) is 4.98 Å². The van der Waals surface area contributed by atoms with Crippen LogP contribution < -0.4 is 10.1 Å². The summed E-state index contributed by atoms with van der Waals surface area (Å²) in [4.78, 5) is 17.3. The highest BCUT2D eigenvalue weighted by Crippen LogP contribution is 2.40. The number of pyridine rings is 1. The number of carbonyl (C=O) groups excluding carboxylic acids is 1. The zero-order valence-corrected chi connectivity index (χ0v) is 18.2. The lowest BCUT2D eigenvalue weighted by Gasteiger charge is -2.26. The van der Waals surface area contributed by atoms with E-state index in [2.05, 4.69) is 10.3 Å². The lowest BCUT2D eigenvalue weighted by molar-refractivity contribution is -0.123. The number of carbonyl (C=O) groups is 1. The van der Waals surface area contributed by atoms with Gasteiger partial charge in [-0.15, -0.1) is 0 Å². The molecule has 152 valence electrons. The van der Waals surface area contributed by atoms with Gasteiger partial charge in [0, 0.05) is 16.7 Å². The Morgan fingerprint density at radius 2 is 1.89 bits per heavy atom. The normalized spacial score (nSPS) is 12.6. The molecular formula is C23H32N2O3. The first-order valence-electron chi connectivity index (χ1n) is 9.65. The fourth-order valence-corrected chi connectivity index (χ4v) is 3.26. The first-order chi connectivity index (χ1) is 13.0. The highest BCUT2D eigenvalue weighted by atomic mass is 16.5. The summed E-state index contributed by atoms with van der Waals surface area (Å²) in [6.07, 6.45) is -0.223. The van der Waals surface area contributed by atoms with Gasteiger partial charge >= 0.3 is 0 Å². The summed E-state index contributed by atoms with van der Waals surface area (Å²) < 4.78 is 5.48. The lowest BCUT2D eigenvalue weighted by atomic mass is 9.89. The number of anilines is 1. The molecule has 2 N–H and O–H groups in total. The van der Waals surface area contributed by atoms with E-state index in [1.54, 1.807) is 0 Å². The smallest absolute Gasteiger partial charge is 0.238 e. The summed E-state index contributed by atoms with van der Waals surface area (Å²) in [5.41, 5.74) is 5.07. The SMILES string of the molecule is CCc1c(C)nc(OC)c(NC(=O)C(C)(C)C)c1C(O)c1cc(C)ccc1C. The quantitative estimate of drug-likeness (QED) is 0.787. The van der Waals surface area contributed by atoms with Gasteiger partial charge in [-0.2, -0.15) is 0 Å². The van der Waals surface area contributed by atoms with Crippen LogP contribution in [-0.2, 0) is 11.2 Å². The Balaban J connectivity index is 2.77. The van der Waals surface area contributed by atoms with Gasteiger partial charge in [0.25, 0.3) is 0 Å². The van der Waals surface area contributed by atoms with E-state index in [0.717, 1.165) is 27.9 Å². The Morgan fingerprint density at radius 3 is 2.43 bits per heavy atom. The van der Waals surface area contributed by atoms with Crippen LogP contribution in [0.2, 0.25) is 0 Å². The molecule has 1 aromatic carbocycles. The Hall–Kier alpha value is -2.40. The standard InChI is InChI=1S/C23H32N2O3/c1-9-16-15(4)24-21(28-8)19(25-22(27)23(5,6)7)18(16)20(26)17-12-13(2)10-11-14(17)3/h10-12,20,26H,9H2,1-8H3,(H,25,27). The van der Waals surface area contributed by atoms with Crippen molar-refractivity contribution in [3.63, 3.8) is 0 Å². The second-order valence-electron chi connectivity index (χ2n) is 8.29. The number of hydrogen-bond acceptors (Lipinski definition) is 4. The van der Waals surface area contributed by atoms with Crippen LogP contribution in [0, 0.1) is 26.2 Å². The van der Waals surface area contributed by atoms with Crippen LogP contribution in [0.4, 0.5) is 5.69 Å². The van der Waals surface area contributed by atoms with E-state index < -0.39 is 11.5 Å². The van der Waals surface area contributed by atoms with Crippen LogP contribution in [0.25, 0.3) is 0 Å². The molecule has 1 aromatic heterocycles. The minimum absolute atomic E-state index is 0.159. The third-order valence-corrected chi connectivity index (χ3v) is 4.98. The van der Waals surface area contributed by atoms with E-state index in [1.807, 2.05) is 66.7 Å². The molecule has 1 atom stereocenters. The number of aliphatic hydroxyl groups excluding tert-OH is 1. The van der Waals surface area contributed by atoms with Gasteiger partial charge in [0.1, 0.15) is 11.8 Å². The Kier molecular flexibility index (Phi) is 6.50. The molecule has 0 aliphatic carbocycles. The van der Waals surface area contributed by atoms with E-state index >= 15 is 0 Å². The minimum Gasteiger partial charge on any atom is -0.479 e. The van der Waals surface area contributed by atoms with Gasteiger partial charge in [0.2, 0.25) is 11.8 Å². The van der Waals surface area contributed by atoms with E-state index in [9.17, 15) is 9.90 Å². The molecule has 0 radical (unpaired) electrons. The zero-order chi connectivity index (χ0) is 21.2. The van der Waals surface area contributed by atoms with Crippen molar-refractivity contribution in [2.24, 2.45) is 5.41 Å². The second-order valence-corrected chi connectivity index (χ2v) is 8.29. The van der Waals surface area contributed by atoms with E-state index in [0.29, 0.717) is 23.6 Å². The molecule has 1 amide bonds. The molecule has 1 unspecified atom stereocenters. The number of hydrogen-bond donors (Lipinski definition) is 2. The number of nitrogens with one attached hydrogen (secondary N) is 1. The summed E-state index contributed by atoms with van der Waals surface area (Å²) in [6, 6.07) is 6.00. The third-order valence-electron chi connectivity index (χ3n) is 4.98. The monoisotopic (exact) mass is 384 g/mol. The van der Waals surface area contributed by atoms with E-state index in [-0.39, 0.29) is 5.91 Å². The Bertz CT molecular complexity index is 882. The molecule has 0 aliphatic heterocycles. The summed E-state index contributed by atoms with van der Waals surface area (Å²) in [6.45, 7) is 13.4. The fourth-order valence-electron chi connectivity index (χ4n) is 3.26. The average molecular weight is 385 g/mol. The van der Waals surface area contributed by atoms with Crippen molar-refractivity contribution >= 4 is 11.6 Å². The van der Waals surface area contributed by atoms with Crippen molar-refractivity contribution in [3.8, 4) is 5.88 Å². The van der Waals surface area contributed by atoms with Gasteiger partial charge in [0.15, 0.2) is 0 Å². The Morgan fingerprint density at radius 1 is 1.25 bits per heavy atom. The Labute approximate surface area is 168 Å². The number of nitrogens with zero attached hydrogens (tertiary/aromatic N) is 1. The molecule has 0 bridgehead atoms. The van der Waals surface area contributed by atoms with E-state index in [1.165, 1.54) is 7.11 Å². The molecular weight excluding hydrogens is 352 g/mol. The van der Waals surface area contributed by atoms with Crippen molar-refractivity contribution in [2.45, 2.75) is 61.0 Å². The van der Waals surface area contributed by atoms with Crippen molar-refractivity contribution < 1.29 is 14.6 Å². The number of aromatic nitrogens is 1. The number of methoxy groups -OCH3 is 1. The van der Waals surface area contributed by atoms with Gasteiger partial charge in [-0.1, -0.05) is 51.5 Å². The van der Waals surface area contributed by atoms with Crippen LogP contribution in [0.3, 0.4) is 0 Å². The van der Waals surface area contributed by atoms with Crippen LogP contribution >= 0.6 is 0 Å². The molecule has 0 saturated heterocycles. The van der Waals surface area contributed by atoms with Gasteiger partial charge in [-0.3, -0.25) is 4.79 Å². The van der Waals surface area contributed by atoms with Crippen molar-refractivity contribution in [1.82, 2.24) is 4.98 Å². The molecule has 28 heavy (non-hydrogen) atoms. The molecule has 2 rings (SSSR count). The van der Waals surface area contributed by atoms with Gasteiger partial charge in [-0.05, 0) is 43.9 Å². The number of benzene rings is 1. The molecule has 5 heteroatoms. The highest BCUT2D eigenvalue weighted by Gasteiger charge is 2.29. The van der Waals surface area contributed by atoms with Crippen LogP contribution in [0.15, 0.2) is 18.2 Å². The molecule has 0 saturated carbocycles. The van der Waals surface area contributed by atoms with Crippen LogP contribution in [0.5, 0.6) is 5.88 Å². The molecule has 5 nitrogen and oxygen atoms in total. The number of aryl methyl sites for hydroxylation is 3. The zero-order valence-electron chi connectivity index (χ0n) is 18.2. The summed E-state index contributed by atoms with van der Waals surface area (Å²) >= 11 is 0. The first kappa shape index (κ1) is 21.9. The molecule has 0 aliphatic rings. The maximum Gasteiger partial charge on any atom is 0.238 e. The first-order valence-corrected chi connectivity index (χ1v) is 9.65. The summed E-state index contributed by atoms with van der Waals surface area (Å²) in [5, 5.41) is 14.4. The largest absolute Gasteiger partial charge is 0.479 e. The number of aliphatic hydroxyl groups is 1. The lowest BCUT2D eigenvalue weighted by Crippen LogP contribution is -2.29. The number of amides is 1. The number of rotatable bonds is 5. The predicted octanol–water partition coefficient (Wildman–Crippen LogP) is 4.64. The topological polar surface area (TPSA) is 71.5 Å². The van der Waals surface area contributed by atoms with Gasteiger partial charge < -0.3 is 15.2 Å². The molecule has 0 fully saturated rings. The third kappa shape index (κ3) is 4.36. The van der Waals surface area contributed by atoms with Crippen molar-refractivity contribution in [2.75, 3.05) is 12.4 Å². The fraction of sp³-hybridized carbons (Fsp3) is 0.478. The van der Waals surface area contributed by atoms with Crippen LogP contribution in [-0.4, -0.2) is 23.1 Å². The molecule has 1 heterocycles. The number of ether oxygens (including phenoxy) is 1. The van der Waals surface area contributed by atoms with Crippen LogP contribution in [0.1, 0.15) is 67.3 Å². The average Bonchev–Trinajstić information content (AvgIpc) is 2.62. The molecule has 0 spiro atoms. The van der Waals surface area contributed by atoms with Crippen molar-refractivity contribution in [3.05, 3.63) is 51.7 Å². The second kappa shape index (κ2) is 8.31.